The Labute approximate surface area is 87.7 Å². The molecular formula is C9H18F3NO2. The highest BCUT2D eigenvalue weighted by Crippen LogP contribution is 2.25. The first-order valence-electron chi connectivity index (χ1n) is 4.94. The van der Waals surface area contributed by atoms with Crippen molar-refractivity contribution in [3.63, 3.8) is 0 Å². The molecule has 0 saturated carbocycles. The zero-order valence-electron chi connectivity index (χ0n) is 8.85. The molecular weight excluding hydrogens is 211 g/mol. The monoisotopic (exact) mass is 229 g/mol. The molecule has 15 heavy (non-hydrogen) atoms. The lowest BCUT2D eigenvalue weighted by atomic mass is 10.1. The lowest BCUT2D eigenvalue weighted by Crippen LogP contribution is -2.34. The summed E-state index contributed by atoms with van der Waals surface area (Å²) in [5.74, 6) is -1.58. The number of alkyl halides is 3. The normalized spacial score (nSPS) is 14.2. The van der Waals surface area contributed by atoms with Crippen molar-refractivity contribution in [2.24, 2.45) is 11.7 Å². The van der Waals surface area contributed by atoms with Gasteiger partial charge < -0.3 is 15.2 Å². The van der Waals surface area contributed by atoms with Crippen molar-refractivity contribution in [1.29, 1.82) is 0 Å². The molecule has 0 aliphatic rings. The fourth-order valence-corrected chi connectivity index (χ4v) is 0.886. The van der Waals surface area contributed by atoms with Gasteiger partial charge in [0.15, 0.2) is 0 Å². The summed E-state index contributed by atoms with van der Waals surface area (Å²) in [7, 11) is 0. The van der Waals surface area contributed by atoms with Crippen molar-refractivity contribution >= 4 is 0 Å². The Bertz CT molecular complexity index is 153. The Balaban J connectivity index is 3.48. The zero-order chi connectivity index (χ0) is 11.7. The van der Waals surface area contributed by atoms with Gasteiger partial charge in [-0.2, -0.15) is 13.2 Å². The van der Waals surface area contributed by atoms with Crippen LogP contribution in [-0.2, 0) is 9.47 Å². The van der Waals surface area contributed by atoms with Crippen LogP contribution in [0, 0.1) is 5.92 Å². The van der Waals surface area contributed by atoms with Crippen LogP contribution < -0.4 is 5.73 Å². The lowest BCUT2D eigenvalue weighted by molar-refractivity contribution is -0.186. The highest BCUT2D eigenvalue weighted by molar-refractivity contribution is 4.67. The fraction of sp³-hybridized carbons (Fsp3) is 1.00. The van der Waals surface area contributed by atoms with Crippen LogP contribution >= 0.6 is 0 Å². The van der Waals surface area contributed by atoms with Crippen molar-refractivity contribution in [2.45, 2.75) is 19.5 Å². The van der Waals surface area contributed by atoms with E-state index in [4.69, 9.17) is 15.2 Å². The average molecular weight is 229 g/mol. The molecule has 2 N–H and O–H groups in total. The highest BCUT2D eigenvalue weighted by Gasteiger charge is 2.38. The second kappa shape index (κ2) is 7.90. The maximum Gasteiger partial charge on any atom is 0.395 e. The van der Waals surface area contributed by atoms with Gasteiger partial charge in [-0.3, -0.25) is 0 Å². The van der Waals surface area contributed by atoms with Gasteiger partial charge in [-0.05, 0) is 6.42 Å². The summed E-state index contributed by atoms with van der Waals surface area (Å²) < 4.78 is 46.4. The second-order valence-corrected chi connectivity index (χ2v) is 3.16. The molecule has 0 aromatic carbocycles. The summed E-state index contributed by atoms with van der Waals surface area (Å²) in [4.78, 5) is 0. The topological polar surface area (TPSA) is 44.5 Å². The zero-order valence-corrected chi connectivity index (χ0v) is 8.85. The molecule has 0 saturated heterocycles. The number of nitrogens with two attached hydrogens (primary N) is 1. The minimum atomic E-state index is -4.28. The average Bonchev–Trinajstić information content (AvgIpc) is 2.15. The minimum absolute atomic E-state index is 0.173. The molecule has 0 aliphatic carbocycles. The van der Waals surface area contributed by atoms with E-state index in [1.807, 2.05) is 6.92 Å². The van der Waals surface area contributed by atoms with Gasteiger partial charge in [0.1, 0.15) is 0 Å². The Hall–Kier alpha value is -0.330. The van der Waals surface area contributed by atoms with E-state index in [0.29, 0.717) is 13.2 Å². The Morgan fingerprint density at radius 1 is 1.13 bits per heavy atom. The Morgan fingerprint density at radius 2 is 1.73 bits per heavy atom. The Kier molecular flexibility index (Phi) is 7.72. The van der Waals surface area contributed by atoms with E-state index in [1.165, 1.54) is 0 Å². The van der Waals surface area contributed by atoms with E-state index in [-0.39, 0.29) is 6.61 Å². The number of hydrogen-bond donors (Lipinski definition) is 1. The molecule has 92 valence electrons. The molecule has 1 atom stereocenters. The predicted octanol–water partition coefficient (Wildman–Crippen LogP) is 1.57. The van der Waals surface area contributed by atoms with Crippen LogP contribution in [0.15, 0.2) is 0 Å². The number of hydrogen-bond acceptors (Lipinski definition) is 3. The molecule has 0 rings (SSSR count). The summed E-state index contributed by atoms with van der Waals surface area (Å²) in [6.45, 7) is 2.21. The summed E-state index contributed by atoms with van der Waals surface area (Å²) in [6, 6.07) is 0. The van der Waals surface area contributed by atoms with Gasteiger partial charge in [0.05, 0.1) is 25.7 Å². The van der Waals surface area contributed by atoms with E-state index >= 15 is 0 Å². The van der Waals surface area contributed by atoms with Gasteiger partial charge in [-0.25, -0.2) is 0 Å². The van der Waals surface area contributed by atoms with Crippen LogP contribution in [0.1, 0.15) is 13.3 Å². The standard InChI is InChI=1S/C9H18F3NO2/c1-2-3-14-4-5-15-7-8(6-13)9(10,11)12/h8H,2-7,13H2,1H3. The summed E-state index contributed by atoms with van der Waals surface area (Å²) in [5.41, 5.74) is 4.99. The van der Waals surface area contributed by atoms with Gasteiger partial charge in [0, 0.05) is 13.2 Å². The third-order valence-electron chi connectivity index (χ3n) is 1.79. The SMILES string of the molecule is CCCOCCOCC(CN)C(F)(F)F. The highest BCUT2D eigenvalue weighted by atomic mass is 19.4. The Morgan fingerprint density at radius 3 is 2.20 bits per heavy atom. The molecule has 0 heterocycles. The van der Waals surface area contributed by atoms with Crippen LogP contribution in [0.4, 0.5) is 13.2 Å². The predicted molar refractivity (Wildman–Crippen MR) is 50.5 cm³/mol. The molecule has 0 amide bonds. The maximum atomic E-state index is 12.2. The first-order chi connectivity index (χ1) is 7.02. The smallest absolute Gasteiger partial charge is 0.379 e. The molecule has 3 nitrogen and oxygen atoms in total. The van der Waals surface area contributed by atoms with Gasteiger partial charge in [-0.15, -0.1) is 0 Å². The van der Waals surface area contributed by atoms with Crippen LogP contribution in [0.3, 0.4) is 0 Å². The van der Waals surface area contributed by atoms with E-state index < -0.39 is 25.2 Å². The molecule has 0 spiro atoms. The first kappa shape index (κ1) is 14.7. The largest absolute Gasteiger partial charge is 0.395 e. The number of rotatable bonds is 8. The molecule has 0 aromatic heterocycles. The summed E-state index contributed by atoms with van der Waals surface area (Å²) in [5, 5.41) is 0. The van der Waals surface area contributed by atoms with E-state index in [0.717, 1.165) is 6.42 Å². The number of ether oxygens (including phenoxy) is 2. The maximum absolute atomic E-state index is 12.2. The van der Waals surface area contributed by atoms with Crippen molar-refractivity contribution in [3.05, 3.63) is 0 Å². The fourth-order valence-electron chi connectivity index (χ4n) is 0.886. The molecule has 0 aromatic rings. The lowest BCUT2D eigenvalue weighted by Gasteiger charge is -2.18. The van der Waals surface area contributed by atoms with E-state index in [9.17, 15) is 13.2 Å². The minimum Gasteiger partial charge on any atom is -0.379 e. The van der Waals surface area contributed by atoms with Crippen molar-refractivity contribution in [1.82, 2.24) is 0 Å². The van der Waals surface area contributed by atoms with E-state index in [2.05, 4.69) is 0 Å². The van der Waals surface area contributed by atoms with Gasteiger partial charge >= 0.3 is 6.18 Å². The first-order valence-corrected chi connectivity index (χ1v) is 4.94. The van der Waals surface area contributed by atoms with Crippen LogP contribution in [0.5, 0.6) is 0 Å². The quantitative estimate of drug-likeness (QED) is 0.642. The molecule has 0 bridgehead atoms. The van der Waals surface area contributed by atoms with Crippen molar-refractivity contribution in [2.75, 3.05) is 33.0 Å². The summed E-state index contributed by atoms with van der Waals surface area (Å²) >= 11 is 0. The summed E-state index contributed by atoms with van der Waals surface area (Å²) in [6.07, 6.45) is -3.40. The van der Waals surface area contributed by atoms with Gasteiger partial charge in [0.2, 0.25) is 0 Å². The van der Waals surface area contributed by atoms with Gasteiger partial charge in [-0.1, -0.05) is 6.92 Å². The second-order valence-electron chi connectivity index (χ2n) is 3.16. The molecule has 6 heteroatoms. The van der Waals surface area contributed by atoms with Gasteiger partial charge in [0.25, 0.3) is 0 Å². The third-order valence-corrected chi connectivity index (χ3v) is 1.79. The molecule has 0 fully saturated rings. The van der Waals surface area contributed by atoms with Crippen LogP contribution in [0.25, 0.3) is 0 Å². The van der Waals surface area contributed by atoms with E-state index in [1.54, 1.807) is 0 Å². The van der Waals surface area contributed by atoms with Crippen molar-refractivity contribution in [3.8, 4) is 0 Å². The molecule has 0 aliphatic heterocycles. The molecule has 1 unspecified atom stereocenters. The van der Waals surface area contributed by atoms with Crippen LogP contribution in [0.2, 0.25) is 0 Å². The van der Waals surface area contributed by atoms with Crippen LogP contribution in [-0.4, -0.2) is 39.1 Å². The third kappa shape index (κ3) is 7.58. The molecule has 0 radical (unpaired) electrons. The van der Waals surface area contributed by atoms with Crippen molar-refractivity contribution < 1.29 is 22.6 Å². The number of halogens is 3.